The molecule has 0 saturated heterocycles. The van der Waals surface area contributed by atoms with E-state index in [0.29, 0.717) is 5.82 Å². The van der Waals surface area contributed by atoms with Gasteiger partial charge in [-0.25, -0.2) is 9.97 Å². The van der Waals surface area contributed by atoms with Gasteiger partial charge in [-0.3, -0.25) is 10.1 Å². The summed E-state index contributed by atoms with van der Waals surface area (Å²) in [4.78, 5) is 13.0. The zero-order valence-electron chi connectivity index (χ0n) is 15.2. The lowest BCUT2D eigenvalue weighted by Gasteiger charge is -2.08. The predicted molar refractivity (Wildman–Crippen MR) is 109 cm³/mol. The second-order valence-corrected chi connectivity index (χ2v) is 6.49. The molecule has 0 bridgehead atoms. The summed E-state index contributed by atoms with van der Waals surface area (Å²) in [5.74, 6) is 1.44. The fourth-order valence-corrected chi connectivity index (χ4v) is 3.32. The Labute approximate surface area is 161 Å². The summed E-state index contributed by atoms with van der Waals surface area (Å²) in [5, 5.41) is 11.3. The van der Waals surface area contributed by atoms with Crippen LogP contribution in [-0.2, 0) is 7.05 Å². The number of aromatic nitrogens is 6. The number of rotatable bonds is 4. The van der Waals surface area contributed by atoms with E-state index in [1.807, 2.05) is 42.7 Å². The van der Waals surface area contributed by atoms with E-state index >= 15 is 0 Å². The van der Waals surface area contributed by atoms with E-state index in [0.717, 1.165) is 39.2 Å². The van der Waals surface area contributed by atoms with Gasteiger partial charge in [0.2, 0.25) is 0 Å². The largest absolute Gasteiger partial charge is 0.343 e. The first-order valence-corrected chi connectivity index (χ1v) is 8.87. The van der Waals surface area contributed by atoms with Crippen LogP contribution in [-0.4, -0.2) is 29.7 Å². The smallest absolute Gasteiger partial charge is 0.180 e. The lowest BCUT2D eigenvalue weighted by Crippen LogP contribution is -1.96. The zero-order valence-corrected chi connectivity index (χ0v) is 15.2. The van der Waals surface area contributed by atoms with Gasteiger partial charge in [0, 0.05) is 53.9 Å². The first-order valence-electron chi connectivity index (χ1n) is 8.87. The average molecular weight is 367 g/mol. The van der Waals surface area contributed by atoms with Crippen LogP contribution in [0.3, 0.4) is 0 Å². The van der Waals surface area contributed by atoms with E-state index in [2.05, 4.69) is 60.3 Å². The minimum Gasteiger partial charge on any atom is -0.343 e. The summed E-state index contributed by atoms with van der Waals surface area (Å²) in [6.07, 6.45) is 7.11. The van der Waals surface area contributed by atoms with E-state index in [1.54, 1.807) is 12.5 Å². The molecule has 0 spiro atoms. The molecule has 0 radical (unpaired) electrons. The van der Waals surface area contributed by atoms with Crippen molar-refractivity contribution >= 4 is 22.4 Å². The first kappa shape index (κ1) is 16.2. The van der Waals surface area contributed by atoms with Crippen molar-refractivity contribution in [2.75, 3.05) is 5.32 Å². The maximum atomic E-state index is 4.57. The van der Waals surface area contributed by atoms with Crippen LogP contribution in [0.25, 0.3) is 33.5 Å². The zero-order chi connectivity index (χ0) is 18.9. The number of nitrogens with one attached hydrogen (secondary N) is 2. The Kier molecular flexibility index (Phi) is 3.83. The molecule has 7 nitrogen and oxygen atoms in total. The molecule has 4 aromatic heterocycles. The quantitative estimate of drug-likeness (QED) is 0.498. The van der Waals surface area contributed by atoms with Crippen molar-refractivity contribution in [3.05, 3.63) is 73.4 Å². The van der Waals surface area contributed by atoms with Crippen LogP contribution in [0.5, 0.6) is 0 Å². The highest BCUT2D eigenvalue weighted by molar-refractivity contribution is 5.88. The molecule has 4 heterocycles. The number of anilines is 2. The molecule has 5 aromatic rings. The number of aryl methyl sites for hydroxylation is 1. The molecule has 136 valence electrons. The van der Waals surface area contributed by atoms with Crippen LogP contribution >= 0.6 is 0 Å². The molecule has 0 atom stereocenters. The number of pyridine rings is 2. The average Bonchev–Trinajstić information content (AvgIpc) is 3.38. The Hall–Kier alpha value is -4.00. The number of hydrogen-bond acceptors (Lipinski definition) is 5. The second-order valence-electron chi connectivity index (χ2n) is 6.49. The molecule has 0 aliphatic carbocycles. The standard InChI is InChI=1S/C21H17N7/c1-28-18(15-5-3-7-22-11-15)9-16-12-23-20(10-19(16)28)26-17-6-2-4-14(8-17)21-24-13-25-27-21/h2-13H,1H3,(H,23,26)(H,24,25,27). The van der Waals surface area contributed by atoms with E-state index in [4.69, 9.17) is 0 Å². The maximum Gasteiger partial charge on any atom is 0.180 e. The number of H-pyrrole nitrogens is 1. The highest BCUT2D eigenvalue weighted by Gasteiger charge is 2.10. The van der Waals surface area contributed by atoms with Crippen LogP contribution < -0.4 is 5.32 Å². The number of hydrogen-bond donors (Lipinski definition) is 2. The van der Waals surface area contributed by atoms with Crippen LogP contribution in [0, 0.1) is 0 Å². The van der Waals surface area contributed by atoms with Gasteiger partial charge >= 0.3 is 0 Å². The van der Waals surface area contributed by atoms with Crippen molar-refractivity contribution in [1.82, 2.24) is 29.7 Å². The van der Waals surface area contributed by atoms with Crippen molar-refractivity contribution in [2.24, 2.45) is 7.05 Å². The minimum atomic E-state index is 0.663. The van der Waals surface area contributed by atoms with Crippen molar-refractivity contribution in [3.8, 4) is 22.6 Å². The fourth-order valence-electron chi connectivity index (χ4n) is 3.32. The highest BCUT2D eigenvalue weighted by atomic mass is 15.2. The van der Waals surface area contributed by atoms with Crippen LogP contribution in [0.1, 0.15) is 0 Å². The van der Waals surface area contributed by atoms with Gasteiger partial charge in [-0.1, -0.05) is 12.1 Å². The normalized spacial score (nSPS) is 11.0. The Morgan fingerprint density at radius 2 is 1.89 bits per heavy atom. The number of benzene rings is 1. The Morgan fingerprint density at radius 1 is 0.964 bits per heavy atom. The van der Waals surface area contributed by atoms with Gasteiger partial charge in [0.1, 0.15) is 12.1 Å². The Bertz CT molecular complexity index is 1240. The van der Waals surface area contributed by atoms with Crippen molar-refractivity contribution in [2.45, 2.75) is 0 Å². The van der Waals surface area contributed by atoms with Crippen LogP contribution in [0.2, 0.25) is 0 Å². The molecule has 0 saturated carbocycles. The molecule has 0 unspecified atom stereocenters. The summed E-state index contributed by atoms with van der Waals surface area (Å²) in [5.41, 5.74) is 5.14. The van der Waals surface area contributed by atoms with E-state index in [1.165, 1.54) is 0 Å². The third-order valence-electron chi connectivity index (χ3n) is 4.69. The van der Waals surface area contributed by atoms with Gasteiger partial charge in [-0.15, -0.1) is 0 Å². The van der Waals surface area contributed by atoms with Gasteiger partial charge in [0.15, 0.2) is 5.82 Å². The van der Waals surface area contributed by atoms with Gasteiger partial charge in [0.25, 0.3) is 0 Å². The van der Waals surface area contributed by atoms with Gasteiger partial charge in [-0.2, -0.15) is 5.10 Å². The van der Waals surface area contributed by atoms with Crippen LogP contribution in [0.15, 0.2) is 73.4 Å². The molecule has 0 aliphatic heterocycles. The summed E-state index contributed by atoms with van der Waals surface area (Å²) in [7, 11) is 2.05. The third kappa shape index (κ3) is 2.88. The van der Waals surface area contributed by atoms with E-state index in [-0.39, 0.29) is 0 Å². The maximum absolute atomic E-state index is 4.57. The second kappa shape index (κ2) is 6.62. The van der Waals surface area contributed by atoms with Gasteiger partial charge in [-0.05, 0) is 30.3 Å². The molecule has 5 rings (SSSR count). The van der Waals surface area contributed by atoms with Gasteiger partial charge in [0.05, 0.1) is 11.2 Å². The summed E-state index contributed by atoms with van der Waals surface area (Å²) in [6.45, 7) is 0. The first-order chi connectivity index (χ1) is 13.8. The Balaban J connectivity index is 1.49. The highest BCUT2D eigenvalue weighted by Crippen LogP contribution is 2.29. The lowest BCUT2D eigenvalue weighted by atomic mass is 10.2. The lowest BCUT2D eigenvalue weighted by molar-refractivity contribution is 0.976. The third-order valence-corrected chi connectivity index (χ3v) is 4.69. The molecule has 7 heteroatoms. The molecule has 28 heavy (non-hydrogen) atoms. The monoisotopic (exact) mass is 367 g/mol. The van der Waals surface area contributed by atoms with Gasteiger partial charge < -0.3 is 9.88 Å². The summed E-state index contributed by atoms with van der Waals surface area (Å²) >= 11 is 0. The molecule has 2 N–H and O–H groups in total. The molecule has 0 aliphatic rings. The Morgan fingerprint density at radius 3 is 2.71 bits per heavy atom. The molecule has 0 fully saturated rings. The van der Waals surface area contributed by atoms with Crippen molar-refractivity contribution in [1.29, 1.82) is 0 Å². The van der Waals surface area contributed by atoms with Crippen LogP contribution in [0.4, 0.5) is 11.5 Å². The predicted octanol–water partition coefficient (Wildman–Crippen LogP) is 4.16. The van der Waals surface area contributed by atoms with E-state index in [9.17, 15) is 0 Å². The topological polar surface area (TPSA) is 84.3 Å². The summed E-state index contributed by atoms with van der Waals surface area (Å²) in [6, 6.07) is 16.1. The molecular weight excluding hydrogens is 350 g/mol. The molecule has 1 aromatic carbocycles. The number of aromatic amines is 1. The van der Waals surface area contributed by atoms with Crippen molar-refractivity contribution in [3.63, 3.8) is 0 Å². The fraction of sp³-hybridized carbons (Fsp3) is 0.0476. The SMILES string of the molecule is Cn1c(-c2cccnc2)cc2cnc(Nc3cccc(-c4nc[nH]n4)c3)cc21. The van der Waals surface area contributed by atoms with E-state index < -0.39 is 0 Å². The number of nitrogens with zero attached hydrogens (tertiary/aromatic N) is 5. The summed E-state index contributed by atoms with van der Waals surface area (Å²) < 4.78 is 2.16. The molecule has 0 amide bonds. The molecular formula is C21H17N7. The minimum absolute atomic E-state index is 0.663. The number of fused-ring (bicyclic) bond motifs is 1. The van der Waals surface area contributed by atoms with Crippen molar-refractivity contribution < 1.29 is 0 Å².